The van der Waals surface area contributed by atoms with Gasteiger partial charge in [-0.15, -0.1) is 11.3 Å². The lowest BCUT2D eigenvalue weighted by Crippen LogP contribution is -2.07. The standard InChI is InChI=1S/C11H13NOS/c1-2-8(13)7-11-12-9-5-3-4-6-10(9)14-11/h3-6,8,13H,2,7H2,1H3. The molecule has 1 atom stereocenters. The Hall–Kier alpha value is -0.930. The normalized spacial score (nSPS) is 13.3. The van der Waals surface area contributed by atoms with E-state index in [0.717, 1.165) is 16.9 Å². The largest absolute Gasteiger partial charge is 0.393 e. The summed E-state index contributed by atoms with van der Waals surface area (Å²) in [5.41, 5.74) is 1.04. The molecule has 0 spiro atoms. The van der Waals surface area contributed by atoms with Gasteiger partial charge in [-0.1, -0.05) is 19.1 Å². The fourth-order valence-corrected chi connectivity index (χ4v) is 2.39. The fraction of sp³-hybridized carbons (Fsp3) is 0.364. The molecule has 2 rings (SSSR count). The number of hydrogen-bond donors (Lipinski definition) is 1. The molecule has 1 aromatic heterocycles. The molecule has 1 unspecified atom stereocenters. The maximum Gasteiger partial charge on any atom is 0.0964 e. The van der Waals surface area contributed by atoms with Gasteiger partial charge >= 0.3 is 0 Å². The van der Waals surface area contributed by atoms with Crippen LogP contribution in [0.5, 0.6) is 0 Å². The summed E-state index contributed by atoms with van der Waals surface area (Å²) in [6.45, 7) is 1.98. The Labute approximate surface area is 87.2 Å². The van der Waals surface area contributed by atoms with Gasteiger partial charge in [0.05, 0.1) is 21.3 Å². The van der Waals surface area contributed by atoms with Crippen LogP contribution in [-0.2, 0) is 6.42 Å². The quantitative estimate of drug-likeness (QED) is 0.839. The average Bonchev–Trinajstić information content (AvgIpc) is 2.59. The molecular formula is C11H13NOS. The Balaban J connectivity index is 2.27. The molecule has 0 aliphatic heterocycles. The second-order valence-electron chi connectivity index (χ2n) is 3.34. The van der Waals surface area contributed by atoms with Crippen molar-refractivity contribution in [2.75, 3.05) is 0 Å². The summed E-state index contributed by atoms with van der Waals surface area (Å²) < 4.78 is 1.20. The van der Waals surface area contributed by atoms with Gasteiger partial charge in [0.25, 0.3) is 0 Å². The summed E-state index contributed by atoms with van der Waals surface area (Å²) in [6, 6.07) is 8.07. The highest BCUT2D eigenvalue weighted by molar-refractivity contribution is 7.18. The minimum absolute atomic E-state index is 0.254. The molecule has 1 N–H and O–H groups in total. The van der Waals surface area contributed by atoms with E-state index in [2.05, 4.69) is 11.1 Å². The van der Waals surface area contributed by atoms with Gasteiger partial charge in [-0.3, -0.25) is 0 Å². The molecule has 3 heteroatoms. The highest BCUT2D eigenvalue weighted by Gasteiger charge is 2.07. The topological polar surface area (TPSA) is 33.1 Å². The predicted molar refractivity (Wildman–Crippen MR) is 59.6 cm³/mol. The lowest BCUT2D eigenvalue weighted by atomic mass is 10.2. The van der Waals surface area contributed by atoms with Gasteiger partial charge in [-0.25, -0.2) is 4.98 Å². The van der Waals surface area contributed by atoms with Crippen molar-refractivity contribution in [1.29, 1.82) is 0 Å². The average molecular weight is 207 g/mol. The van der Waals surface area contributed by atoms with Gasteiger partial charge in [-0.05, 0) is 18.6 Å². The summed E-state index contributed by atoms with van der Waals surface area (Å²) in [6.07, 6.45) is 1.21. The van der Waals surface area contributed by atoms with Crippen LogP contribution in [-0.4, -0.2) is 16.2 Å². The maximum atomic E-state index is 9.50. The molecule has 2 nitrogen and oxygen atoms in total. The van der Waals surface area contributed by atoms with Crippen molar-refractivity contribution in [1.82, 2.24) is 4.98 Å². The molecule has 0 radical (unpaired) electrons. The van der Waals surface area contributed by atoms with E-state index in [1.807, 2.05) is 25.1 Å². The van der Waals surface area contributed by atoms with Gasteiger partial charge in [0.15, 0.2) is 0 Å². The lowest BCUT2D eigenvalue weighted by Gasteiger charge is -2.02. The second-order valence-corrected chi connectivity index (χ2v) is 4.46. The van der Waals surface area contributed by atoms with E-state index in [1.165, 1.54) is 4.70 Å². The third-order valence-electron chi connectivity index (χ3n) is 2.22. The number of benzene rings is 1. The third kappa shape index (κ3) is 1.94. The Morgan fingerprint density at radius 3 is 2.93 bits per heavy atom. The van der Waals surface area contributed by atoms with Crippen LogP contribution in [0.1, 0.15) is 18.4 Å². The van der Waals surface area contributed by atoms with E-state index >= 15 is 0 Å². The minimum Gasteiger partial charge on any atom is -0.393 e. The summed E-state index contributed by atoms with van der Waals surface area (Å²) in [5, 5.41) is 10.5. The maximum absolute atomic E-state index is 9.50. The summed E-state index contributed by atoms with van der Waals surface area (Å²) >= 11 is 1.67. The van der Waals surface area contributed by atoms with Crippen LogP contribution >= 0.6 is 11.3 Å². The molecule has 0 amide bonds. The van der Waals surface area contributed by atoms with Gasteiger partial charge in [0, 0.05) is 6.42 Å². The van der Waals surface area contributed by atoms with Gasteiger partial charge in [0.1, 0.15) is 0 Å². The smallest absolute Gasteiger partial charge is 0.0964 e. The zero-order valence-corrected chi connectivity index (χ0v) is 8.92. The zero-order chi connectivity index (χ0) is 9.97. The Bertz CT molecular complexity index is 391. The van der Waals surface area contributed by atoms with Crippen molar-refractivity contribution in [2.24, 2.45) is 0 Å². The monoisotopic (exact) mass is 207 g/mol. The molecule has 1 aromatic carbocycles. The minimum atomic E-state index is -0.254. The van der Waals surface area contributed by atoms with Crippen LogP contribution in [0.3, 0.4) is 0 Å². The molecular weight excluding hydrogens is 194 g/mol. The second kappa shape index (κ2) is 4.07. The molecule has 74 valence electrons. The van der Waals surface area contributed by atoms with Gasteiger partial charge in [0.2, 0.25) is 0 Å². The Morgan fingerprint density at radius 2 is 2.21 bits per heavy atom. The van der Waals surface area contributed by atoms with E-state index in [0.29, 0.717) is 6.42 Å². The molecule has 2 aromatic rings. The highest BCUT2D eigenvalue weighted by Crippen LogP contribution is 2.22. The molecule has 1 heterocycles. The number of para-hydroxylation sites is 1. The number of aromatic nitrogens is 1. The van der Waals surface area contributed by atoms with E-state index in [1.54, 1.807) is 11.3 Å². The van der Waals surface area contributed by atoms with Crippen LogP contribution in [0, 0.1) is 0 Å². The SMILES string of the molecule is CCC(O)Cc1nc2ccccc2s1. The molecule has 14 heavy (non-hydrogen) atoms. The molecule has 0 aliphatic carbocycles. The first-order valence-corrected chi connectivity index (χ1v) is 5.63. The molecule has 0 fully saturated rings. The number of aliphatic hydroxyl groups excluding tert-OH is 1. The molecule has 0 saturated carbocycles. The van der Waals surface area contributed by atoms with E-state index in [4.69, 9.17) is 0 Å². The van der Waals surface area contributed by atoms with Gasteiger partial charge in [-0.2, -0.15) is 0 Å². The van der Waals surface area contributed by atoms with Gasteiger partial charge < -0.3 is 5.11 Å². The molecule has 0 aliphatic rings. The third-order valence-corrected chi connectivity index (χ3v) is 3.28. The number of thiazole rings is 1. The van der Waals surface area contributed by atoms with Crippen molar-refractivity contribution < 1.29 is 5.11 Å². The van der Waals surface area contributed by atoms with Crippen molar-refractivity contribution in [3.63, 3.8) is 0 Å². The first-order valence-electron chi connectivity index (χ1n) is 4.82. The zero-order valence-electron chi connectivity index (χ0n) is 8.10. The van der Waals surface area contributed by atoms with Crippen LogP contribution in [0.4, 0.5) is 0 Å². The Morgan fingerprint density at radius 1 is 1.43 bits per heavy atom. The predicted octanol–water partition coefficient (Wildman–Crippen LogP) is 2.61. The molecule has 0 bridgehead atoms. The lowest BCUT2D eigenvalue weighted by molar-refractivity contribution is 0.171. The van der Waals surface area contributed by atoms with Crippen LogP contribution < -0.4 is 0 Å². The summed E-state index contributed by atoms with van der Waals surface area (Å²) in [7, 11) is 0. The van der Waals surface area contributed by atoms with E-state index in [-0.39, 0.29) is 6.10 Å². The number of rotatable bonds is 3. The van der Waals surface area contributed by atoms with Crippen LogP contribution in [0.25, 0.3) is 10.2 Å². The van der Waals surface area contributed by atoms with Crippen molar-refractivity contribution in [2.45, 2.75) is 25.9 Å². The number of fused-ring (bicyclic) bond motifs is 1. The molecule has 0 saturated heterocycles. The van der Waals surface area contributed by atoms with Crippen molar-refractivity contribution >= 4 is 21.6 Å². The number of hydrogen-bond acceptors (Lipinski definition) is 3. The van der Waals surface area contributed by atoms with Crippen molar-refractivity contribution in [3.05, 3.63) is 29.3 Å². The first kappa shape index (κ1) is 9.62. The van der Waals surface area contributed by atoms with Crippen LogP contribution in [0.2, 0.25) is 0 Å². The van der Waals surface area contributed by atoms with E-state index in [9.17, 15) is 5.11 Å². The van der Waals surface area contributed by atoms with E-state index < -0.39 is 0 Å². The fourth-order valence-electron chi connectivity index (χ4n) is 1.35. The summed E-state index contributed by atoms with van der Waals surface area (Å²) in [4.78, 5) is 4.46. The Kier molecular flexibility index (Phi) is 2.79. The summed E-state index contributed by atoms with van der Waals surface area (Å²) in [5.74, 6) is 0. The number of nitrogens with zero attached hydrogens (tertiary/aromatic N) is 1. The van der Waals surface area contributed by atoms with Crippen LogP contribution in [0.15, 0.2) is 24.3 Å². The highest BCUT2D eigenvalue weighted by atomic mass is 32.1. The number of aliphatic hydroxyl groups is 1. The first-order chi connectivity index (χ1) is 6.79. The van der Waals surface area contributed by atoms with Crippen molar-refractivity contribution in [3.8, 4) is 0 Å².